The summed E-state index contributed by atoms with van der Waals surface area (Å²) in [5, 5.41) is 3.01. The van der Waals surface area contributed by atoms with Gasteiger partial charge in [0.15, 0.2) is 6.10 Å². The lowest BCUT2D eigenvalue weighted by atomic mass is 10.1. The highest BCUT2D eigenvalue weighted by atomic mass is 16.5. The van der Waals surface area contributed by atoms with Crippen LogP contribution in [0.3, 0.4) is 0 Å². The van der Waals surface area contributed by atoms with Crippen molar-refractivity contribution in [3.8, 4) is 17.0 Å². The van der Waals surface area contributed by atoms with Gasteiger partial charge in [0, 0.05) is 24.7 Å². The Morgan fingerprint density at radius 3 is 2.86 bits per heavy atom. The maximum atomic E-state index is 12.7. The zero-order valence-electron chi connectivity index (χ0n) is 16.3. The summed E-state index contributed by atoms with van der Waals surface area (Å²) < 4.78 is 8.03. The Kier molecular flexibility index (Phi) is 5.15. The highest BCUT2D eigenvalue weighted by molar-refractivity contribution is 5.97. The van der Waals surface area contributed by atoms with Crippen molar-refractivity contribution >= 4 is 11.6 Å². The topological polar surface area (TPSA) is 56.1 Å². The minimum absolute atomic E-state index is 0.182. The van der Waals surface area contributed by atoms with Crippen molar-refractivity contribution < 1.29 is 9.53 Å². The Morgan fingerprint density at radius 2 is 2.04 bits per heavy atom. The van der Waals surface area contributed by atoms with E-state index in [1.165, 1.54) is 12.8 Å². The fourth-order valence-corrected chi connectivity index (χ4v) is 3.54. The van der Waals surface area contributed by atoms with E-state index in [1.54, 1.807) is 6.92 Å². The number of amides is 1. The molecule has 1 amide bonds. The van der Waals surface area contributed by atoms with Crippen LogP contribution in [0.15, 0.2) is 54.7 Å². The van der Waals surface area contributed by atoms with Gasteiger partial charge in [-0.25, -0.2) is 4.98 Å². The molecular weight excluding hydrogens is 350 g/mol. The zero-order chi connectivity index (χ0) is 19.5. The smallest absolute Gasteiger partial charge is 0.265 e. The van der Waals surface area contributed by atoms with Gasteiger partial charge in [-0.05, 0) is 50.5 Å². The van der Waals surface area contributed by atoms with Crippen LogP contribution in [0, 0.1) is 6.92 Å². The van der Waals surface area contributed by atoms with E-state index in [0.29, 0.717) is 5.75 Å². The number of benzene rings is 2. The second-order valence-corrected chi connectivity index (χ2v) is 7.30. The minimum Gasteiger partial charge on any atom is -0.481 e. The second kappa shape index (κ2) is 7.89. The number of imidazole rings is 1. The van der Waals surface area contributed by atoms with Crippen LogP contribution in [0.4, 0.5) is 5.69 Å². The summed E-state index contributed by atoms with van der Waals surface area (Å²) in [6.07, 6.45) is 4.87. The molecular formula is C23H25N3O2. The molecule has 5 nitrogen and oxygen atoms in total. The van der Waals surface area contributed by atoms with E-state index in [4.69, 9.17) is 9.72 Å². The van der Waals surface area contributed by atoms with Gasteiger partial charge in [0.2, 0.25) is 0 Å². The average Bonchev–Trinajstić information content (AvgIpc) is 3.12. The number of nitrogens with one attached hydrogen (secondary N) is 1. The van der Waals surface area contributed by atoms with Gasteiger partial charge in [-0.15, -0.1) is 0 Å². The molecule has 1 unspecified atom stereocenters. The van der Waals surface area contributed by atoms with Gasteiger partial charge in [0.25, 0.3) is 5.91 Å². The van der Waals surface area contributed by atoms with Crippen molar-refractivity contribution in [3.63, 3.8) is 0 Å². The third-order valence-corrected chi connectivity index (χ3v) is 5.04. The van der Waals surface area contributed by atoms with Gasteiger partial charge in [-0.1, -0.05) is 30.3 Å². The van der Waals surface area contributed by atoms with Crippen LogP contribution in [0.1, 0.15) is 31.2 Å². The molecule has 1 N–H and O–H groups in total. The molecule has 1 aromatic heterocycles. The first-order valence-corrected chi connectivity index (χ1v) is 9.80. The van der Waals surface area contributed by atoms with E-state index in [9.17, 15) is 4.79 Å². The van der Waals surface area contributed by atoms with Crippen LogP contribution in [-0.2, 0) is 17.8 Å². The summed E-state index contributed by atoms with van der Waals surface area (Å²) in [5.74, 6) is 1.63. The number of aryl methyl sites for hydroxylation is 3. The number of hydrogen-bond acceptors (Lipinski definition) is 3. The van der Waals surface area contributed by atoms with Crippen LogP contribution >= 0.6 is 0 Å². The fraction of sp³-hybridized carbons (Fsp3) is 0.304. The molecule has 2 heterocycles. The molecule has 0 radical (unpaired) electrons. The number of nitrogens with zero attached hydrogens (tertiary/aromatic N) is 2. The standard InChI is InChI=1S/C23H25N3O2/c1-16-8-7-9-18(14-16)28-17(2)23(27)25-20-11-4-3-10-19(20)21-15-26-13-6-5-12-22(26)24-21/h3-4,7-11,14-15,17H,5-6,12-13H2,1-2H3,(H,25,27). The maximum Gasteiger partial charge on any atom is 0.265 e. The van der Waals surface area contributed by atoms with E-state index in [-0.39, 0.29) is 5.91 Å². The third kappa shape index (κ3) is 3.93. The Labute approximate surface area is 165 Å². The molecule has 1 atom stereocenters. The fourth-order valence-electron chi connectivity index (χ4n) is 3.54. The van der Waals surface area contributed by atoms with E-state index in [2.05, 4.69) is 16.1 Å². The number of carbonyl (C=O) groups is 1. The Balaban J connectivity index is 1.52. The highest BCUT2D eigenvalue weighted by Gasteiger charge is 2.19. The Hall–Kier alpha value is -3.08. The lowest BCUT2D eigenvalue weighted by molar-refractivity contribution is -0.122. The summed E-state index contributed by atoms with van der Waals surface area (Å²) in [6, 6.07) is 15.5. The zero-order valence-corrected chi connectivity index (χ0v) is 16.3. The Bertz CT molecular complexity index is 970. The molecule has 144 valence electrons. The van der Waals surface area contributed by atoms with Crippen LogP contribution in [0.5, 0.6) is 5.75 Å². The lowest BCUT2D eigenvalue weighted by Crippen LogP contribution is -2.30. The normalized spacial score (nSPS) is 14.2. The SMILES string of the molecule is Cc1cccc(OC(C)C(=O)Nc2ccccc2-c2cn3c(n2)CCCC3)c1. The number of hydrogen-bond donors (Lipinski definition) is 1. The lowest BCUT2D eigenvalue weighted by Gasteiger charge is -2.16. The second-order valence-electron chi connectivity index (χ2n) is 7.30. The van der Waals surface area contributed by atoms with E-state index < -0.39 is 6.10 Å². The number of ether oxygens (including phenoxy) is 1. The van der Waals surface area contributed by atoms with Crippen molar-refractivity contribution in [2.75, 3.05) is 5.32 Å². The van der Waals surface area contributed by atoms with E-state index in [0.717, 1.165) is 41.3 Å². The minimum atomic E-state index is -0.606. The number of fused-ring (bicyclic) bond motifs is 1. The molecule has 0 aliphatic carbocycles. The molecule has 5 heteroatoms. The number of carbonyl (C=O) groups excluding carboxylic acids is 1. The first kappa shape index (κ1) is 18.3. The molecule has 1 aliphatic rings. The van der Waals surface area contributed by atoms with Crippen LogP contribution in [-0.4, -0.2) is 21.6 Å². The molecule has 1 aliphatic heterocycles. The summed E-state index contributed by atoms with van der Waals surface area (Å²) in [7, 11) is 0. The van der Waals surface area contributed by atoms with Gasteiger partial charge >= 0.3 is 0 Å². The molecule has 0 fully saturated rings. The molecule has 4 rings (SSSR count). The van der Waals surface area contributed by atoms with E-state index >= 15 is 0 Å². The van der Waals surface area contributed by atoms with Gasteiger partial charge in [0.05, 0.1) is 11.4 Å². The van der Waals surface area contributed by atoms with Gasteiger partial charge in [-0.2, -0.15) is 0 Å². The summed E-state index contributed by atoms with van der Waals surface area (Å²) in [5.41, 5.74) is 3.68. The molecule has 28 heavy (non-hydrogen) atoms. The first-order chi connectivity index (χ1) is 13.6. The van der Waals surface area contributed by atoms with Crippen LogP contribution in [0.2, 0.25) is 0 Å². The summed E-state index contributed by atoms with van der Waals surface area (Å²) >= 11 is 0. The van der Waals surface area contributed by atoms with Crippen molar-refractivity contribution in [2.45, 2.75) is 45.8 Å². The van der Waals surface area contributed by atoms with E-state index in [1.807, 2.05) is 55.5 Å². The van der Waals surface area contributed by atoms with Gasteiger partial charge in [0.1, 0.15) is 11.6 Å². The largest absolute Gasteiger partial charge is 0.481 e. The molecule has 0 spiro atoms. The molecule has 3 aromatic rings. The van der Waals surface area contributed by atoms with Crippen molar-refractivity contribution in [1.29, 1.82) is 0 Å². The monoisotopic (exact) mass is 375 g/mol. The maximum absolute atomic E-state index is 12.7. The van der Waals surface area contributed by atoms with Gasteiger partial charge in [-0.3, -0.25) is 4.79 Å². The predicted octanol–water partition coefficient (Wildman–Crippen LogP) is 4.60. The molecule has 0 saturated heterocycles. The van der Waals surface area contributed by atoms with Gasteiger partial charge < -0.3 is 14.6 Å². The number of aromatic nitrogens is 2. The number of anilines is 1. The highest BCUT2D eigenvalue weighted by Crippen LogP contribution is 2.29. The quantitative estimate of drug-likeness (QED) is 0.709. The summed E-state index contributed by atoms with van der Waals surface area (Å²) in [6.45, 7) is 4.77. The Morgan fingerprint density at radius 1 is 1.18 bits per heavy atom. The molecule has 0 saturated carbocycles. The van der Waals surface area contributed by atoms with Crippen molar-refractivity contribution in [2.24, 2.45) is 0 Å². The third-order valence-electron chi connectivity index (χ3n) is 5.04. The predicted molar refractivity (Wildman–Crippen MR) is 110 cm³/mol. The molecule has 0 bridgehead atoms. The number of para-hydroxylation sites is 1. The average molecular weight is 375 g/mol. The van der Waals surface area contributed by atoms with Crippen LogP contribution in [0.25, 0.3) is 11.3 Å². The molecule has 2 aromatic carbocycles. The van der Waals surface area contributed by atoms with Crippen LogP contribution < -0.4 is 10.1 Å². The summed E-state index contributed by atoms with van der Waals surface area (Å²) in [4.78, 5) is 17.5. The number of rotatable bonds is 5. The first-order valence-electron chi connectivity index (χ1n) is 9.80. The van der Waals surface area contributed by atoms with Crippen molar-refractivity contribution in [3.05, 3.63) is 66.1 Å². The van der Waals surface area contributed by atoms with Crippen molar-refractivity contribution in [1.82, 2.24) is 9.55 Å².